The minimum atomic E-state index is 0.364. The van der Waals surface area contributed by atoms with Gasteiger partial charge in [-0.2, -0.15) is 0 Å². The molecule has 0 unspecified atom stereocenters. The van der Waals surface area contributed by atoms with Gasteiger partial charge in [0.15, 0.2) is 5.65 Å². The zero-order valence-corrected chi connectivity index (χ0v) is 12.3. The van der Waals surface area contributed by atoms with Gasteiger partial charge < -0.3 is 4.57 Å². The number of aryl methyl sites for hydroxylation is 2. The molecule has 1 aromatic carbocycles. The third kappa shape index (κ3) is 2.65. The van der Waals surface area contributed by atoms with Crippen LogP contribution in [0.3, 0.4) is 0 Å². The fourth-order valence-corrected chi connectivity index (χ4v) is 2.61. The molecule has 0 N–H and O–H groups in total. The van der Waals surface area contributed by atoms with Crippen molar-refractivity contribution in [3.05, 3.63) is 59.0 Å². The maximum absolute atomic E-state index is 5.98. The van der Waals surface area contributed by atoms with Crippen molar-refractivity contribution in [2.75, 3.05) is 0 Å². The maximum atomic E-state index is 5.98. The Kier molecular flexibility index (Phi) is 3.90. The Morgan fingerprint density at radius 3 is 2.70 bits per heavy atom. The van der Waals surface area contributed by atoms with E-state index < -0.39 is 0 Å². The molecule has 0 aliphatic carbocycles. The van der Waals surface area contributed by atoms with Crippen molar-refractivity contribution in [3.63, 3.8) is 0 Å². The van der Waals surface area contributed by atoms with Crippen molar-refractivity contribution in [2.24, 2.45) is 0 Å². The van der Waals surface area contributed by atoms with Crippen LogP contribution in [0.4, 0.5) is 0 Å². The number of nitrogens with zero attached hydrogens (tertiary/aromatic N) is 3. The number of aromatic nitrogens is 3. The van der Waals surface area contributed by atoms with Crippen molar-refractivity contribution in [1.29, 1.82) is 0 Å². The zero-order valence-electron chi connectivity index (χ0n) is 10.8. The monoisotopic (exact) mass is 305 g/mol. The molecule has 3 rings (SSSR count). The highest BCUT2D eigenvalue weighted by atomic mass is 35.5. The minimum absolute atomic E-state index is 0.364. The van der Waals surface area contributed by atoms with Crippen LogP contribution in [0.2, 0.25) is 5.02 Å². The summed E-state index contributed by atoms with van der Waals surface area (Å²) in [6.07, 6.45) is 2.56. The van der Waals surface area contributed by atoms with Crippen molar-refractivity contribution >= 4 is 34.4 Å². The van der Waals surface area contributed by atoms with Crippen LogP contribution in [0.5, 0.6) is 0 Å². The summed E-state index contributed by atoms with van der Waals surface area (Å²) in [5.74, 6) is 1.19. The summed E-state index contributed by atoms with van der Waals surface area (Å²) >= 11 is 11.9. The van der Waals surface area contributed by atoms with E-state index in [1.54, 1.807) is 6.20 Å². The molecule has 2 heterocycles. The first kappa shape index (κ1) is 13.4. The summed E-state index contributed by atoms with van der Waals surface area (Å²) in [4.78, 5) is 8.86. The number of fused-ring (bicyclic) bond motifs is 1. The zero-order chi connectivity index (χ0) is 13.9. The predicted octanol–water partition coefficient (Wildman–Crippen LogP) is 4.07. The Morgan fingerprint density at radius 1 is 1.15 bits per heavy atom. The molecule has 0 spiro atoms. The third-order valence-corrected chi connectivity index (χ3v) is 3.66. The Morgan fingerprint density at radius 2 is 1.95 bits per heavy atom. The number of imidazole rings is 1. The lowest BCUT2D eigenvalue weighted by Crippen LogP contribution is -2.05. The van der Waals surface area contributed by atoms with E-state index in [1.807, 2.05) is 24.3 Å². The van der Waals surface area contributed by atoms with Gasteiger partial charge in [-0.15, -0.1) is 11.6 Å². The van der Waals surface area contributed by atoms with Crippen LogP contribution >= 0.6 is 23.2 Å². The van der Waals surface area contributed by atoms with Crippen molar-refractivity contribution in [1.82, 2.24) is 14.5 Å². The first-order valence-electron chi connectivity index (χ1n) is 6.38. The van der Waals surface area contributed by atoms with Crippen LogP contribution in [0, 0.1) is 0 Å². The molecule has 0 atom stereocenters. The number of rotatable bonds is 4. The second-order valence-electron chi connectivity index (χ2n) is 4.55. The molecule has 0 amide bonds. The van der Waals surface area contributed by atoms with Gasteiger partial charge >= 0.3 is 0 Å². The standard InChI is InChI=1S/C15H13Cl2N3/c16-9-14-19-13-8-12(17)10-18-15(13)20(14)7-6-11-4-2-1-3-5-11/h1-5,8,10H,6-7,9H2. The van der Waals surface area contributed by atoms with Gasteiger partial charge in [-0.05, 0) is 18.1 Å². The summed E-state index contributed by atoms with van der Waals surface area (Å²) in [5, 5.41) is 0.589. The molecule has 3 nitrogen and oxygen atoms in total. The third-order valence-electron chi connectivity index (χ3n) is 3.22. The van der Waals surface area contributed by atoms with Gasteiger partial charge in [0.05, 0.1) is 10.9 Å². The van der Waals surface area contributed by atoms with E-state index >= 15 is 0 Å². The van der Waals surface area contributed by atoms with Crippen molar-refractivity contribution < 1.29 is 0 Å². The molecule has 0 aliphatic heterocycles. The highest BCUT2D eigenvalue weighted by Gasteiger charge is 2.11. The van der Waals surface area contributed by atoms with Crippen LogP contribution in [0.1, 0.15) is 11.4 Å². The first-order valence-corrected chi connectivity index (χ1v) is 7.30. The van der Waals surface area contributed by atoms with E-state index in [4.69, 9.17) is 23.2 Å². The Hall–Kier alpha value is -1.58. The SMILES string of the molecule is ClCc1nc2cc(Cl)cnc2n1CCc1ccccc1. The Bertz CT molecular complexity index is 723. The fourth-order valence-electron chi connectivity index (χ4n) is 2.26. The minimum Gasteiger partial charge on any atom is -0.311 e. The van der Waals surface area contributed by atoms with Gasteiger partial charge in [0.2, 0.25) is 0 Å². The second kappa shape index (κ2) is 5.81. The molecule has 0 fully saturated rings. The summed E-state index contributed by atoms with van der Waals surface area (Å²) in [6, 6.07) is 12.2. The summed E-state index contributed by atoms with van der Waals surface area (Å²) < 4.78 is 2.06. The normalized spacial score (nSPS) is 11.1. The molecule has 102 valence electrons. The van der Waals surface area contributed by atoms with E-state index in [1.165, 1.54) is 5.56 Å². The lowest BCUT2D eigenvalue weighted by atomic mass is 10.1. The van der Waals surface area contributed by atoms with Gasteiger partial charge in [-0.25, -0.2) is 9.97 Å². The Labute approximate surface area is 127 Å². The van der Waals surface area contributed by atoms with E-state index in [2.05, 4.69) is 26.7 Å². The predicted molar refractivity (Wildman–Crippen MR) is 82.2 cm³/mol. The van der Waals surface area contributed by atoms with Gasteiger partial charge in [0, 0.05) is 12.7 Å². The summed E-state index contributed by atoms with van der Waals surface area (Å²) in [7, 11) is 0. The van der Waals surface area contributed by atoms with Crippen LogP contribution in [0.15, 0.2) is 42.6 Å². The summed E-state index contributed by atoms with van der Waals surface area (Å²) in [6.45, 7) is 0.803. The molecule has 0 radical (unpaired) electrons. The van der Waals surface area contributed by atoms with E-state index in [0.717, 1.165) is 30.0 Å². The van der Waals surface area contributed by atoms with Gasteiger partial charge in [-0.1, -0.05) is 41.9 Å². The molecule has 2 aromatic heterocycles. The number of hydrogen-bond donors (Lipinski definition) is 0. The molecular weight excluding hydrogens is 293 g/mol. The largest absolute Gasteiger partial charge is 0.311 e. The topological polar surface area (TPSA) is 30.7 Å². The molecule has 0 saturated heterocycles. The van der Waals surface area contributed by atoms with Gasteiger partial charge in [0.25, 0.3) is 0 Å². The smallest absolute Gasteiger partial charge is 0.160 e. The molecule has 0 saturated carbocycles. The lowest BCUT2D eigenvalue weighted by Gasteiger charge is -2.07. The molecule has 3 aromatic rings. The second-order valence-corrected chi connectivity index (χ2v) is 5.25. The molecular formula is C15H13Cl2N3. The quantitative estimate of drug-likeness (QED) is 0.680. The molecule has 5 heteroatoms. The molecule has 0 bridgehead atoms. The number of alkyl halides is 1. The highest BCUT2D eigenvalue weighted by molar-refractivity contribution is 6.31. The van der Waals surface area contributed by atoms with Crippen LogP contribution in [-0.4, -0.2) is 14.5 Å². The highest BCUT2D eigenvalue weighted by Crippen LogP contribution is 2.19. The van der Waals surface area contributed by atoms with Crippen molar-refractivity contribution in [2.45, 2.75) is 18.8 Å². The maximum Gasteiger partial charge on any atom is 0.160 e. The number of pyridine rings is 1. The summed E-state index contributed by atoms with van der Waals surface area (Å²) in [5.41, 5.74) is 2.91. The van der Waals surface area contributed by atoms with Crippen LogP contribution in [-0.2, 0) is 18.8 Å². The Balaban J connectivity index is 1.93. The average molecular weight is 306 g/mol. The number of benzene rings is 1. The van der Waals surface area contributed by atoms with E-state index in [9.17, 15) is 0 Å². The van der Waals surface area contributed by atoms with Crippen LogP contribution < -0.4 is 0 Å². The van der Waals surface area contributed by atoms with Gasteiger partial charge in [0.1, 0.15) is 11.3 Å². The fraction of sp³-hybridized carbons (Fsp3) is 0.200. The average Bonchev–Trinajstić information content (AvgIpc) is 2.83. The van der Waals surface area contributed by atoms with Crippen LogP contribution in [0.25, 0.3) is 11.2 Å². The molecule has 0 aliphatic rings. The number of hydrogen-bond acceptors (Lipinski definition) is 2. The van der Waals surface area contributed by atoms with Crippen molar-refractivity contribution in [3.8, 4) is 0 Å². The first-order chi connectivity index (χ1) is 9.78. The lowest BCUT2D eigenvalue weighted by molar-refractivity contribution is 0.682. The van der Waals surface area contributed by atoms with Gasteiger partial charge in [-0.3, -0.25) is 0 Å². The van der Waals surface area contributed by atoms with E-state index in [-0.39, 0.29) is 0 Å². The molecule has 20 heavy (non-hydrogen) atoms. The number of halogens is 2. The van der Waals surface area contributed by atoms with E-state index in [0.29, 0.717) is 10.9 Å².